The maximum Gasteiger partial charge on any atom is 0.280 e. The SMILES string of the molecule is COc1ccc(NN=C(C#N)C(N)=O)cc1. The number of carbonyl (C=O) groups excluding carboxylic acids is 1. The van der Waals surface area contributed by atoms with Crippen LogP contribution in [0.2, 0.25) is 0 Å². The van der Waals surface area contributed by atoms with E-state index in [2.05, 4.69) is 10.5 Å². The van der Waals surface area contributed by atoms with Crippen LogP contribution in [0.4, 0.5) is 5.69 Å². The number of nitriles is 1. The highest BCUT2D eigenvalue weighted by atomic mass is 16.5. The fourth-order valence-corrected chi connectivity index (χ4v) is 0.921. The minimum atomic E-state index is -0.872. The molecule has 0 atom stereocenters. The molecule has 0 aliphatic carbocycles. The van der Waals surface area contributed by atoms with E-state index in [-0.39, 0.29) is 5.71 Å². The molecule has 0 aliphatic rings. The number of primary amides is 1. The van der Waals surface area contributed by atoms with Crippen LogP contribution < -0.4 is 15.9 Å². The first-order valence-electron chi connectivity index (χ1n) is 4.35. The molecule has 0 unspecified atom stereocenters. The molecular formula is C10H10N4O2. The molecule has 0 saturated heterocycles. The van der Waals surface area contributed by atoms with Crippen molar-refractivity contribution in [1.29, 1.82) is 5.26 Å². The standard InChI is InChI=1S/C10H10N4O2/c1-16-8-4-2-7(3-5-8)13-14-9(6-11)10(12)15/h2-5,13H,1H3,(H2,12,15). The van der Waals surface area contributed by atoms with E-state index in [0.29, 0.717) is 11.4 Å². The summed E-state index contributed by atoms with van der Waals surface area (Å²) in [6, 6.07) is 8.40. The molecule has 0 aliphatic heterocycles. The van der Waals surface area contributed by atoms with Crippen LogP contribution in [0.1, 0.15) is 0 Å². The first-order chi connectivity index (χ1) is 7.67. The zero-order valence-corrected chi connectivity index (χ0v) is 8.60. The molecule has 0 spiro atoms. The molecule has 0 heterocycles. The van der Waals surface area contributed by atoms with Gasteiger partial charge in [0.15, 0.2) is 0 Å². The third-order valence-corrected chi connectivity index (χ3v) is 1.73. The molecule has 1 rings (SSSR count). The van der Waals surface area contributed by atoms with Gasteiger partial charge in [0.1, 0.15) is 11.8 Å². The second kappa shape index (κ2) is 5.36. The minimum absolute atomic E-state index is 0.379. The highest BCUT2D eigenvalue weighted by Crippen LogP contribution is 2.14. The second-order valence-corrected chi connectivity index (χ2v) is 2.78. The molecule has 3 N–H and O–H groups in total. The number of nitrogens with two attached hydrogens (primary N) is 1. The van der Waals surface area contributed by atoms with Gasteiger partial charge in [-0.1, -0.05) is 0 Å². The number of hydrazone groups is 1. The van der Waals surface area contributed by atoms with E-state index in [1.54, 1.807) is 37.4 Å². The lowest BCUT2D eigenvalue weighted by atomic mass is 10.3. The van der Waals surface area contributed by atoms with Crippen molar-refractivity contribution in [3.63, 3.8) is 0 Å². The summed E-state index contributed by atoms with van der Waals surface area (Å²) in [7, 11) is 1.56. The van der Waals surface area contributed by atoms with Gasteiger partial charge in [-0.15, -0.1) is 0 Å². The lowest BCUT2D eigenvalue weighted by Crippen LogP contribution is -2.22. The van der Waals surface area contributed by atoms with E-state index < -0.39 is 5.91 Å². The van der Waals surface area contributed by atoms with Crippen molar-refractivity contribution < 1.29 is 9.53 Å². The van der Waals surface area contributed by atoms with Crippen LogP contribution in [-0.2, 0) is 4.79 Å². The molecule has 0 aromatic heterocycles. The third kappa shape index (κ3) is 2.99. The summed E-state index contributed by atoms with van der Waals surface area (Å²) in [5, 5.41) is 12.1. The molecule has 1 amide bonds. The van der Waals surface area contributed by atoms with Crippen molar-refractivity contribution in [3.8, 4) is 11.8 Å². The molecule has 6 heteroatoms. The van der Waals surface area contributed by atoms with Crippen molar-refractivity contribution in [2.45, 2.75) is 0 Å². The number of hydrogen-bond donors (Lipinski definition) is 2. The average Bonchev–Trinajstić information content (AvgIpc) is 2.30. The van der Waals surface area contributed by atoms with Crippen LogP contribution >= 0.6 is 0 Å². The van der Waals surface area contributed by atoms with Gasteiger partial charge in [0.25, 0.3) is 5.91 Å². The topological polar surface area (TPSA) is 100 Å². The van der Waals surface area contributed by atoms with Crippen molar-refractivity contribution in [2.24, 2.45) is 10.8 Å². The molecule has 16 heavy (non-hydrogen) atoms. The van der Waals surface area contributed by atoms with E-state index in [1.807, 2.05) is 0 Å². The van der Waals surface area contributed by atoms with Crippen molar-refractivity contribution in [3.05, 3.63) is 24.3 Å². The van der Waals surface area contributed by atoms with E-state index in [1.165, 1.54) is 0 Å². The van der Waals surface area contributed by atoms with Crippen LogP contribution in [0.3, 0.4) is 0 Å². The Bertz CT molecular complexity index is 445. The quantitative estimate of drug-likeness (QED) is 0.566. The summed E-state index contributed by atoms with van der Waals surface area (Å²) in [4.78, 5) is 10.7. The lowest BCUT2D eigenvalue weighted by Gasteiger charge is -2.02. The average molecular weight is 218 g/mol. The molecule has 0 fully saturated rings. The van der Waals surface area contributed by atoms with Crippen LogP contribution in [0.15, 0.2) is 29.4 Å². The molecule has 0 radical (unpaired) electrons. The number of rotatable bonds is 4. The zero-order valence-electron chi connectivity index (χ0n) is 8.60. The fourth-order valence-electron chi connectivity index (χ4n) is 0.921. The highest BCUT2D eigenvalue weighted by Gasteiger charge is 2.04. The van der Waals surface area contributed by atoms with E-state index >= 15 is 0 Å². The summed E-state index contributed by atoms with van der Waals surface area (Å²) in [5.74, 6) is -0.173. The monoisotopic (exact) mass is 218 g/mol. The Kier molecular flexibility index (Phi) is 3.86. The van der Waals surface area contributed by atoms with Gasteiger partial charge in [0.2, 0.25) is 5.71 Å². The number of anilines is 1. The molecule has 6 nitrogen and oxygen atoms in total. The minimum Gasteiger partial charge on any atom is -0.497 e. The lowest BCUT2D eigenvalue weighted by molar-refractivity contribution is -0.111. The molecule has 1 aromatic carbocycles. The highest BCUT2D eigenvalue weighted by molar-refractivity contribution is 6.44. The largest absolute Gasteiger partial charge is 0.497 e. The fraction of sp³-hybridized carbons (Fsp3) is 0.100. The van der Waals surface area contributed by atoms with Crippen LogP contribution in [0.5, 0.6) is 5.75 Å². The van der Waals surface area contributed by atoms with E-state index in [4.69, 9.17) is 15.7 Å². The third-order valence-electron chi connectivity index (χ3n) is 1.73. The Labute approximate surface area is 92.3 Å². The second-order valence-electron chi connectivity index (χ2n) is 2.78. The van der Waals surface area contributed by atoms with Crippen molar-refractivity contribution >= 4 is 17.3 Å². The maximum atomic E-state index is 10.7. The number of nitrogens with zero attached hydrogens (tertiary/aromatic N) is 2. The summed E-state index contributed by atoms with van der Waals surface area (Å²) in [6.07, 6.45) is 0. The molecule has 1 aromatic rings. The number of nitrogens with one attached hydrogen (secondary N) is 1. The molecule has 0 saturated carbocycles. The van der Waals surface area contributed by atoms with Gasteiger partial charge in [-0.2, -0.15) is 10.4 Å². The normalized spacial score (nSPS) is 10.4. The number of benzene rings is 1. The van der Waals surface area contributed by atoms with Crippen LogP contribution in [0, 0.1) is 11.3 Å². The Morgan fingerprint density at radius 3 is 2.56 bits per heavy atom. The maximum absolute atomic E-state index is 10.7. The summed E-state index contributed by atoms with van der Waals surface area (Å²) >= 11 is 0. The summed E-state index contributed by atoms with van der Waals surface area (Å²) in [5.41, 5.74) is 7.68. The van der Waals surface area contributed by atoms with E-state index in [9.17, 15) is 4.79 Å². The predicted molar refractivity (Wildman–Crippen MR) is 58.9 cm³/mol. The van der Waals surface area contributed by atoms with Gasteiger partial charge >= 0.3 is 0 Å². The van der Waals surface area contributed by atoms with Crippen molar-refractivity contribution in [2.75, 3.05) is 12.5 Å². The Morgan fingerprint density at radius 2 is 2.12 bits per heavy atom. The van der Waals surface area contributed by atoms with Gasteiger partial charge in [-0.05, 0) is 24.3 Å². The number of amides is 1. The molecule has 82 valence electrons. The number of methoxy groups -OCH3 is 1. The van der Waals surface area contributed by atoms with Gasteiger partial charge in [0, 0.05) is 0 Å². The first kappa shape index (κ1) is 11.5. The van der Waals surface area contributed by atoms with E-state index in [0.717, 1.165) is 0 Å². The van der Waals surface area contributed by atoms with Crippen molar-refractivity contribution in [1.82, 2.24) is 0 Å². The van der Waals surface area contributed by atoms with Crippen LogP contribution in [-0.4, -0.2) is 18.7 Å². The summed E-state index contributed by atoms with van der Waals surface area (Å²) in [6.45, 7) is 0. The Balaban J connectivity index is 2.74. The van der Waals surface area contributed by atoms with Crippen LogP contribution in [0.25, 0.3) is 0 Å². The van der Waals surface area contributed by atoms with Gasteiger partial charge in [-0.3, -0.25) is 10.2 Å². The van der Waals surface area contributed by atoms with Gasteiger partial charge < -0.3 is 10.5 Å². The molecular weight excluding hydrogens is 208 g/mol. The number of hydrogen-bond acceptors (Lipinski definition) is 5. The van der Waals surface area contributed by atoms with Gasteiger partial charge in [-0.25, -0.2) is 0 Å². The summed E-state index contributed by atoms with van der Waals surface area (Å²) < 4.78 is 4.96. The molecule has 0 bridgehead atoms. The zero-order chi connectivity index (χ0) is 12.0. The number of ether oxygens (including phenoxy) is 1. The first-order valence-corrected chi connectivity index (χ1v) is 4.35. The smallest absolute Gasteiger partial charge is 0.280 e. The Morgan fingerprint density at radius 1 is 1.50 bits per heavy atom. The van der Waals surface area contributed by atoms with Gasteiger partial charge in [0.05, 0.1) is 12.8 Å². The number of carbonyl (C=O) groups is 1. The predicted octanol–water partition coefficient (Wildman–Crippen LogP) is 0.472. The Hall–Kier alpha value is -2.55.